The Morgan fingerprint density at radius 2 is 1.93 bits per heavy atom. The van der Waals surface area contributed by atoms with Crippen molar-refractivity contribution in [3.63, 3.8) is 0 Å². The van der Waals surface area contributed by atoms with Gasteiger partial charge in [-0.3, -0.25) is 14.8 Å². The number of halogens is 1. The molecule has 1 amide bonds. The summed E-state index contributed by atoms with van der Waals surface area (Å²) in [4.78, 5) is 21.8. The Labute approximate surface area is 181 Å². The van der Waals surface area contributed by atoms with Gasteiger partial charge in [-0.05, 0) is 54.0 Å². The van der Waals surface area contributed by atoms with Crippen LogP contribution in [0.5, 0.6) is 0 Å². The van der Waals surface area contributed by atoms with Crippen LogP contribution in [0.2, 0.25) is 5.02 Å². The molecule has 150 valence electrons. The van der Waals surface area contributed by atoms with Crippen LogP contribution in [-0.2, 0) is 6.42 Å². The Bertz CT molecular complexity index is 1140. The summed E-state index contributed by atoms with van der Waals surface area (Å²) in [5, 5.41) is 3.74. The molecule has 0 radical (unpaired) electrons. The first-order chi connectivity index (χ1) is 14.6. The number of rotatable bonds is 6. The first kappa shape index (κ1) is 20.0. The lowest BCUT2D eigenvalue weighted by atomic mass is 9.99. The fraction of sp³-hybridized carbons (Fsp3) is 0.160. The maximum absolute atomic E-state index is 12.8. The van der Waals surface area contributed by atoms with Gasteiger partial charge in [0, 0.05) is 41.0 Å². The summed E-state index contributed by atoms with van der Waals surface area (Å²) in [7, 11) is 0. The van der Waals surface area contributed by atoms with Crippen molar-refractivity contribution in [3.05, 3.63) is 106 Å². The molecule has 0 bridgehead atoms. The number of aliphatic imine (C=N–C) groups is 1. The van der Waals surface area contributed by atoms with Crippen LogP contribution >= 0.6 is 11.6 Å². The van der Waals surface area contributed by atoms with Gasteiger partial charge in [-0.2, -0.15) is 0 Å². The molecule has 1 aromatic heterocycles. The van der Waals surface area contributed by atoms with Crippen LogP contribution in [0.15, 0.2) is 77.9 Å². The molecule has 30 heavy (non-hydrogen) atoms. The van der Waals surface area contributed by atoms with E-state index in [2.05, 4.69) is 21.4 Å². The molecule has 5 heteroatoms. The molecule has 4 nitrogen and oxygen atoms in total. The van der Waals surface area contributed by atoms with Gasteiger partial charge in [-0.15, -0.1) is 0 Å². The lowest BCUT2D eigenvalue weighted by molar-refractivity contribution is 0.0954. The molecular formula is C25H22ClN3O. The van der Waals surface area contributed by atoms with Crippen molar-refractivity contribution in [2.75, 3.05) is 13.1 Å². The van der Waals surface area contributed by atoms with E-state index in [9.17, 15) is 4.79 Å². The third-order valence-electron chi connectivity index (χ3n) is 5.11. The van der Waals surface area contributed by atoms with Crippen LogP contribution in [0.1, 0.15) is 32.7 Å². The van der Waals surface area contributed by atoms with E-state index in [4.69, 9.17) is 11.6 Å². The average molecular weight is 416 g/mol. The predicted molar refractivity (Wildman–Crippen MR) is 122 cm³/mol. The molecule has 1 aliphatic rings. The van der Waals surface area contributed by atoms with Crippen LogP contribution in [0.3, 0.4) is 0 Å². The van der Waals surface area contributed by atoms with Crippen molar-refractivity contribution >= 4 is 28.8 Å². The number of allylic oxidation sites excluding steroid dienone is 1. The van der Waals surface area contributed by atoms with Gasteiger partial charge >= 0.3 is 0 Å². The third-order valence-corrected chi connectivity index (χ3v) is 5.52. The second kappa shape index (κ2) is 9.06. The average Bonchev–Trinajstić information content (AvgIpc) is 3.26. The quantitative estimate of drug-likeness (QED) is 0.622. The number of aromatic nitrogens is 1. The maximum atomic E-state index is 12.8. The van der Waals surface area contributed by atoms with Crippen LogP contribution in [0, 0.1) is 6.92 Å². The summed E-state index contributed by atoms with van der Waals surface area (Å²) in [5.41, 5.74) is 6.43. The van der Waals surface area contributed by atoms with Gasteiger partial charge in [0.05, 0.1) is 12.3 Å². The van der Waals surface area contributed by atoms with E-state index in [-0.39, 0.29) is 5.91 Å². The Morgan fingerprint density at radius 3 is 2.73 bits per heavy atom. The molecule has 0 unspecified atom stereocenters. The van der Waals surface area contributed by atoms with Gasteiger partial charge in [0.1, 0.15) is 0 Å². The summed E-state index contributed by atoms with van der Waals surface area (Å²) in [6.45, 7) is 3.09. The summed E-state index contributed by atoms with van der Waals surface area (Å²) in [5.74, 6) is -0.107. The van der Waals surface area contributed by atoms with Gasteiger partial charge in [0.2, 0.25) is 0 Å². The molecule has 1 aliphatic heterocycles. The maximum Gasteiger partial charge on any atom is 0.251 e. The highest BCUT2D eigenvalue weighted by atomic mass is 35.5. The highest BCUT2D eigenvalue weighted by Crippen LogP contribution is 2.26. The normalized spacial score (nSPS) is 13.0. The van der Waals surface area contributed by atoms with Gasteiger partial charge in [-0.1, -0.05) is 48.0 Å². The molecule has 0 atom stereocenters. The summed E-state index contributed by atoms with van der Waals surface area (Å²) >= 11 is 6.28. The van der Waals surface area contributed by atoms with E-state index in [1.807, 2.05) is 67.6 Å². The van der Waals surface area contributed by atoms with Crippen molar-refractivity contribution in [1.29, 1.82) is 0 Å². The molecule has 2 aromatic carbocycles. The number of nitrogens with one attached hydrogen (secondary N) is 1. The Balaban J connectivity index is 1.49. The second-order valence-corrected chi connectivity index (χ2v) is 7.61. The molecule has 4 rings (SSSR count). The van der Waals surface area contributed by atoms with E-state index in [0.29, 0.717) is 25.1 Å². The molecule has 2 heterocycles. The largest absolute Gasteiger partial charge is 0.352 e. The monoisotopic (exact) mass is 415 g/mol. The lowest BCUT2D eigenvalue weighted by Crippen LogP contribution is -2.27. The van der Waals surface area contributed by atoms with E-state index in [1.165, 1.54) is 0 Å². The number of pyridine rings is 1. The minimum absolute atomic E-state index is 0.107. The zero-order valence-electron chi connectivity index (χ0n) is 16.7. The Kier molecular flexibility index (Phi) is 6.05. The summed E-state index contributed by atoms with van der Waals surface area (Å²) in [6.07, 6.45) is 4.49. The first-order valence-electron chi connectivity index (χ1n) is 9.91. The van der Waals surface area contributed by atoms with E-state index in [0.717, 1.165) is 38.7 Å². The third kappa shape index (κ3) is 4.50. The predicted octanol–water partition coefficient (Wildman–Crippen LogP) is 4.90. The zero-order chi connectivity index (χ0) is 20.9. The molecule has 3 aromatic rings. The van der Waals surface area contributed by atoms with Crippen LogP contribution in [-0.4, -0.2) is 29.7 Å². The SMILES string of the molecule is Cc1ccc(C2=CC(c3ccccc3C(=O)NCCc3ccccn3)=NC2)cc1Cl. The van der Waals surface area contributed by atoms with Gasteiger partial charge in [0.15, 0.2) is 0 Å². The smallest absolute Gasteiger partial charge is 0.251 e. The van der Waals surface area contributed by atoms with Gasteiger partial charge in [-0.25, -0.2) is 0 Å². The van der Waals surface area contributed by atoms with Crippen molar-refractivity contribution in [3.8, 4) is 0 Å². The number of aryl methyl sites for hydroxylation is 1. The topological polar surface area (TPSA) is 54.4 Å². The molecule has 0 saturated carbocycles. The molecule has 0 saturated heterocycles. The van der Waals surface area contributed by atoms with E-state index < -0.39 is 0 Å². The van der Waals surface area contributed by atoms with Crippen LogP contribution in [0.4, 0.5) is 0 Å². The Morgan fingerprint density at radius 1 is 1.10 bits per heavy atom. The highest BCUT2D eigenvalue weighted by Gasteiger charge is 2.18. The lowest BCUT2D eigenvalue weighted by Gasteiger charge is -2.09. The zero-order valence-corrected chi connectivity index (χ0v) is 17.5. The number of benzene rings is 2. The second-order valence-electron chi connectivity index (χ2n) is 7.21. The highest BCUT2D eigenvalue weighted by molar-refractivity contribution is 6.31. The van der Waals surface area contributed by atoms with Crippen molar-refractivity contribution in [1.82, 2.24) is 10.3 Å². The number of nitrogens with zero attached hydrogens (tertiary/aromatic N) is 2. The summed E-state index contributed by atoms with van der Waals surface area (Å²) in [6, 6.07) is 19.4. The molecule has 0 fully saturated rings. The fourth-order valence-corrected chi connectivity index (χ4v) is 3.59. The molecule has 0 spiro atoms. The van der Waals surface area contributed by atoms with E-state index in [1.54, 1.807) is 6.20 Å². The number of hydrogen-bond donors (Lipinski definition) is 1. The van der Waals surface area contributed by atoms with Crippen LogP contribution in [0.25, 0.3) is 5.57 Å². The number of amides is 1. The van der Waals surface area contributed by atoms with E-state index >= 15 is 0 Å². The minimum atomic E-state index is -0.107. The standard InChI is InChI=1S/C25H22ClN3O/c1-17-9-10-18(14-23(17)26)19-15-24(29-16-19)21-7-2-3-8-22(21)25(30)28-13-11-20-6-4-5-12-27-20/h2-10,12,14-15H,11,13,16H2,1H3,(H,28,30). The van der Waals surface area contributed by atoms with Crippen molar-refractivity contribution in [2.24, 2.45) is 4.99 Å². The Hall–Kier alpha value is -3.24. The van der Waals surface area contributed by atoms with Gasteiger partial charge in [0.25, 0.3) is 5.91 Å². The minimum Gasteiger partial charge on any atom is -0.352 e. The number of carbonyl (C=O) groups excluding carboxylic acids is 1. The van der Waals surface area contributed by atoms with Crippen molar-refractivity contribution in [2.45, 2.75) is 13.3 Å². The molecule has 0 aliphatic carbocycles. The first-order valence-corrected chi connectivity index (χ1v) is 10.3. The van der Waals surface area contributed by atoms with Gasteiger partial charge < -0.3 is 5.32 Å². The van der Waals surface area contributed by atoms with Crippen LogP contribution < -0.4 is 5.32 Å². The molecule has 1 N–H and O–H groups in total. The fourth-order valence-electron chi connectivity index (χ4n) is 3.41. The van der Waals surface area contributed by atoms with Crippen molar-refractivity contribution < 1.29 is 4.79 Å². The number of hydrogen-bond acceptors (Lipinski definition) is 3. The summed E-state index contributed by atoms with van der Waals surface area (Å²) < 4.78 is 0. The number of carbonyl (C=O) groups is 1. The molecular weight excluding hydrogens is 394 g/mol.